The molecule has 1 aliphatic rings. The first-order valence-corrected chi connectivity index (χ1v) is 9.36. The van der Waals surface area contributed by atoms with Crippen molar-refractivity contribution >= 4 is 40.9 Å². The fourth-order valence-electron chi connectivity index (χ4n) is 2.66. The van der Waals surface area contributed by atoms with Gasteiger partial charge in [0.05, 0.1) is 18.0 Å². The van der Waals surface area contributed by atoms with Gasteiger partial charge in [-0.3, -0.25) is 9.59 Å². The van der Waals surface area contributed by atoms with Crippen LogP contribution in [0.4, 0.5) is 5.69 Å². The molecule has 0 radical (unpaired) electrons. The molecule has 136 valence electrons. The number of thioether (sulfide) groups is 1. The van der Waals surface area contributed by atoms with E-state index < -0.39 is 5.25 Å². The van der Waals surface area contributed by atoms with E-state index in [2.05, 4.69) is 5.32 Å². The van der Waals surface area contributed by atoms with Gasteiger partial charge in [-0.05, 0) is 35.9 Å². The Bertz CT molecular complexity index is 826. The van der Waals surface area contributed by atoms with E-state index in [1.807, 2.05) is 30.3 Å². The van der Waals surface area contributed by atoms with Gasteiger partial charge in [-0.25, -0.2) is 0 Å². The lowest BCUT2D eigenvalue weighted by Crippen LogP contribution is -2.35. The quantitative estimate of drug-likeness (QED) is 0.843. The maximum atomic E-state index is 12.5. The molecule has 7 heteroatoms. The number of hydrogen-bond acceptors (Lipinski definition) is 4. The predicted molar refractivity (Wildman–Crippen MR) is 104 cm³/mol. The molecule has 2 aromatic rings. The summed E-state index contributed by atoms with van der Waals surface area (Å²) in [6, 6.07) is 12.9. The van der Waals surface area contributed by atoms with Gasteiger partial charge >= 0.3 is 0 Å². The lowest BCUT2D eigenvalue weighted by molar-refractivity contribution is -0.131. The lowest BCUT2D eigenvalue weighted by atomic mass is 10.2. The molecule has 0 saturated heterocycles. The first-order chi connectivity index (χ1) is 12.5. The van der Waals surface area contributed by atoms with Gasteiger partial charge in [0, 0.05) is 29.9 Å². The molecule has 1 N–H and O–H groups in total. The SMILES string of the molecule is COc1ccc(CN(C)C(=O)C[C@@H]2Sc3ccc(Cl)cc3NC2=O)cc1. The molecule has 2 amide bonds. The Morgan fingerprint density at radius 2 is 2.00 bits per heavy atom. The zero-order valence-corrected chi connectivity index (χ0v) is 16.1. The van der Waals surface area contributed by atoms with Crippen molar-refractivity contribution in [3.05, 3.63) is 53.1 Å². The average molecular weight is 391 g/mol. The molecule has 0 fully saturated rings. The fraction of sp³-hybridized carbons (Fsp3) is 0.263. The van der Waals surface area contributed by atoms with Crippen molar-refractivity contribution in [3.8, 4) is 5.75 Å². The normalized spacial score (nSPS) is 15.8. The summed E-state index contributed by atoms with van der Waals surface area (Å²) in [4.78, 5) is 27.4. The second-order valence-corrected chi connectivity index (χ2v) is 7.72. The van der Waals surface area contributed by atoms with Gasteiger partial charge in [0.25, 0.3) is 0 Å². The standard InChI is InChI=1S/C19H19ClN2O3S/c1-22(11-12-3-6-14(25-2)7-4-12)18(23)10-17-19(24)21-15-9-13(20)5-8-16(15)26-17/h3-9,17H,10-11H2,1-2H3,(H,21,24)/t17-/m0/s1. The minimum absolute atomic E-state index is 0.0779. The molecule has 0 spiro atoms. The zero-order valence-electron chi connectivity index (χ0n) is 14.5. The number of fused-ring (bicyclic) bond motifs is 1. The molecule has 3 rings (SSSR count). The van der Waals surface area contributed by atoms with Gasteiger partial charge in [-0.1, -0.05) is 23.7 Å². The maximum absolute atomic E-state index is 12.5. The van der Waals surface area contributed by atoms with E-state index in [4.69, 9.17) is 16.3 Å². The number of methoxy groups -OCH3 is 1. The van der Waals surface area contributed by atoms with Gasteiger partial charge in [0.2, 0.25) is 11.8 Å². The third kappa shape index (κ3) is 4.31. The van der Waals surface area contributed by atoms with E-state index in [1.165, 1.54) is 11.8 Å². The summed E-state index contributed by atoms with van der Waals surface area (Å²) in [5.74, 6) is 0.527. The van der Waals surface area contributed by atoms with Crippen LogP contribution in [0.25, 0.3) is 0 Å². The topological polar surface area (TPSA) is 58.6 Å². The molecule has 5 nitrogen and oxygen atoms in total. The van der Waals surface area contributed by atoms with Gasteiger partial charge in [0.15, 0.2) is 0 Å². The number of ether oxygens (including phenoxy) is 1. The van der Waals surface area contributed by atoms with Crippen LogP contribution in [0.15, 0.2) is 47.4 Å². The van der Waals surface area contributed by atoms with Crippen molar-refractivity contribution in [2.75, 3.05) is 19.5 Å². The fourth-order valence-corrected chi connectivity index (χ4v) is 3.92. The van der Waals surface area contributed by atoms with Gasteiger partial charge in [-0.2, -0.15) is 0 Å². The number of benzene rings is 2. The van der Waals surface area contributed by atoms with Crippen LogP contribution in [0.5, 0.6) is 5.75 Å². The van der Waals surface area contributed by atoms with E-state index in [1.54, 1.807) is 31.2 Å². The Kier molecular flexibility index (Phi) is 5.74. The minimum Gasteiger partial charge on any atom is -0.497 e. The summed E-state index contributed by atoms with van der Waals surface area (Å²) in [7, 11) is 3.36. The summed E-state index contributed by atoms with van der Waals surface area (Å²) in [6.07, 6.45) is 0.144. The monoisotopic (exact) mass is 390 g/mol. The summed E-state index contributed by atoms with van der Waals surface area (Å²) < 4.78 is 5.13. The number of carbonyl (C=O) groups is 2. The smallest absolute Gasteiger partial charge is 0.238 e. The molecule has 2 aromatic carbocycles. The van der Waals surface area contributed by atoms with Gasteiger partial charge in [-0.15, -0.1) is 11.8 Å². The van der Waals surface area contributed by atoms with Crippen molar-refractivity contribution in [3.63, 3.8) is 0 Å². The Morgan fingerprint density at radius 3 is 2.69 bits per heavy atom. The highest BCUT2D eigenvalue weighted by atomic mass is 35.5. The summed E-state index contributed by atoms with van der Waals surface area (Å²) in [6.45, 7) is 0.480. The Labute approximate surface area is 161 Å². The largest absolute Gasteiger partial charge is 0.497 e. The molecule has 26 heavy (non-hydrogen) atoms. The van der Waals surface area contributed by atoms with Crippen molar-refractivity contribution < 1.29 is 14.3 Å². The molecule has 0 unspecified atom stereocenters. The molecule has 0 aromatic heterocycles. The highest BCUT2D eigenvalue weighted by Crippen LogP contribution is 2.38. The average Bonchev–Trinajstić information content (AvgIpc) is 2.63. The summed E-state index contributed by atoms with van der Waals surface area (Å²) >= 11 is 7.35. The van der Waals surface area contributed by atoms with Crippen LogP contribution in [-0.4, -0.2) is 36.1 Å². The van der Waals surface area contributed by atoms with Crippen LogP contribution < -0.4 is 10.1 Å². The van der Waals surface area contributed by atoms with E-state index in [9.17, 15) is 9.59 Å². The van der Waals surface area contributed by atoms with Crippen molar-refractivity contribution in [2.45, 2.75) is 23.1 Å². The van der Waals surface area contributed by atoms with Crippen LogP contribution in [-0.2, 0) is 16.1 Å². The third-order valence-electron chi connectivity index (χ3n) is 4.13. The number of halogens is 1. The number of carbonyl (C=O) groups excluding carboxylic acids is 2. The lowest BCUT2D eigenvalue weighted by Gasteiger charge is -2.25. The van der Waals surface area contributed by atoms with Gasteiger partial charge in [0.1, 0.15) is 5.75 Å². The minimum atomic E-state index is -0.450. The molecular weight excluding hydrogens is 372 g/mol. The van der Waals surface area contributed by atoms with Crippen molar-refractivity contribution in [1.82, 2.24) is 4.90 Å². The Hall–Kier alpha value is -2.18. The Balaban J connectivity index is 1.61. The molecule has 0 bridgehead atoms. The van der Waals surface area contributed by atoms with Crippen LogP contribution in [0.1, 0.15) is 12.0 Å². The Morgan fingerprint density at radius 1 is 1.27 bits per heavy atom. The molecule has 1 atom stereocenters. The first kappa shape index (κ1) is 18.6. The van der Waals surface area contributed by atoms with Crippen molar-refractivity contribution in [1.29, 1.82) is 0 Å². The van der Waals surface area contributed by atoms with Crippen LogP contribution in [0.3, 0.4) is 0 Å². The highest BCUT2D eigenvalue weighted by molar-refractivity contribution is 8.01. The van der Waals surface area contributed by atoms with Crippen LogP contribution in [0, 0.1) is 0 Å². The van der Waals surface area contributed by atoms with Gasteiger partial charge < -0.3 is 15.0 Å². The third-order valence-corrected chi connectivity index (χ3v) is 5.64. The summed E-state index contributed by atoms with van der Waals surface area (Å²) in [5, 5.41) is 2.95. The molecular formula is C19H19ClN2O3S. The summed E-state index contributed by atoms with van der Waals surface area (Å²) in [5.41, 5.74) is 1.70. The van der Waals surface area contributed by atoms with E-state index in [0.29, 0.717) is 17.3 Å². The number of amides is 2. The maximum Gasteiger partial charge on any atom is 0.238 e. The molecule has 1 heterocycles. The number of nitrogens with one attached hydrogen (secondary N) is 1. The van der Waals surface area contributed by atoms with E-state index in [-0.39, 0.29) is 18.2 Å². The molecule has 0 aliphatic carbocycles. The zero-order chi connectivity index (χ0) is 18.7. The number of anilines is 1. The number of rotatable bonds is 5. The van der Waals surface area contributed by atoms with E-state index in [0.717, 1.165) is 16.2 Å². The second kappa shape index (κ2) is 8.01. The first-order valence-electron chi connectivity index (χ1n) is 8.10. The molecule has 0 saturated carbocycles. The highest BCUT2D eigenvalue weighted by Gasteiger charge is 2.30. The second-order valence-electron chi connectivity index (χ2n) is 6.04. The van der Waals surface area contributed by atoms with Crippen molar-refractivity contribution in [2.24, 2.45) is 0 Å². The predicted octanol–water partition coefficient (Wildman–Crippen LogP) is 3.81. The molecule has 1 aliphatic heterocycles. The number of nitrogens with zero attached hydrogens (tertiary/aromatic N) is 1. The van der Waals surface area contributed by atoms with E-state index >= 15 is 0 Å². The van der Waals surface area contributed by atoms with Crippen LogP contribution >= 0.6 is 23.4 Å². The van der Waals surface area contributed by atoms with Crippen LogP contribution in [0.2, 0.25) is 5.02 Å². The number of hydrogen-bond donors (Lipinski definition) is 1.